The smallest absolute Gasteiger partial charge is 0.267 e. The van der Waals surface area contributed by atoms with E-state index in [1.807, 2.05) is 0 Å². The Morgan fingerprint density at radius 1 is 1.12 bits per heavy atom. The van der Waals surface area contributed by atoms with Crippen molar-refractivity contribution in [2.75, 3.05) is 7.11 Å². The number of nitrogens with zero attached hydrogens (tertiary/aromatic N) is 1. The summed E-state index contributed by atoms with van der Waals surface area (Å²) < 4.78 is 13.4. The number of nitrogens with one attached hydrogen (secondary N) is 1. The average Bonchev–Trinajstić information content (AvgIpc) is 2.85. The molecule has 1 N–H and O–H groups in total. The first-order valence-corrected chi connectivity index (χ1v) is 7.57. The summed E-state index contributed by atoms with van der Waals surface area (Å²) >= 11 is 0. The molecule has 2 aromatic carbocycles. The molecule has 0 radical (unpaired) electrons. The summed E-state index contributed by atoms with van der Waals surface area (Å²) in [4.78, 5) is 43.2. The Balaban J connectivity index is 1.97. The second-order valence-corrected chi connectivity index (χ2v) is 5.55. The molecule has 1 unspecified atom stereocenters. The number of hydrogen-bond acceptors (Lipinski definition) is 4. The van der Waals surface area contributed by atoms with Gasteiger partial charge in [-0.05, 0) is 29.8 Å². The van der Waals surface area contributed by atoms with E-state index in [-0.39, 0.29) is 17.5 Å². The van der Waals surface area contributed by atoms with Gasteiger partial charge < -0.3 is 0 Å². The van der Waals surface area contributed by atoms with Crippen molar-refractivity contribution in [1.82, 2.24) is 10.4 Å². The molecular formula is C18H15FN2O4. The molecule has 1 atom stereocenters. The number of halogens is 1. The molecule has 1 heterocycles. The summed E-state index contributed by atoms with van der Waals surface area (Å²) in [6.45, 7) is 0. The molecule has 0 bridgehead atoms. The molecule has 0 fully saturated rings. The molecule has 7 heteroatoms. The van der Waals surface area contributed by atoms with Crippen LogP contribution < -0.4 is 5.48 Å². The number of amides is 3. The molecule has 0 aliphatic carbocycles. The zero-order valence-electron chi connectivity index (χ0n) is 13.4. The van der Waals surface area contributed by atoms with Gasteiger partial charge in [-0.1, -0.05) is 24.3 Å². The maximum atomic E-state index is 13.4. The molecule has 1 aliphatic heterocycles. The maximum Gasteiger partial charge on any atom is 0.267 e. The van der Waals surface area contributed by atoms with Crippen molar-refractivity contribution in [2.45, 2.75) is 12.5 Å². The normalized spacial score (nSPS) is 14.4. The largest absolute Gasteiger partial charge is 0.277 e. The van der Waals surface area contributed by atoms with E-state index in [4.69, 9.17) is 0 Å². The van der Waals surface area contributed by atoms with Crippen LogP contribution in [-0.2, 0) is 16.1 Å². The Morgan fingerprint density at radius 2 is 1.76 bits per heavy atom. The van der Waals surface area contributed by atoms with E-state index in [0.29, 0.717) is 5.56 Å². The molecule has 6 nitrogen and oxygen atoms in total. The quantitative estimate of drug-likeness (QED) is 0.663. The van der Waals surface area contributed by atoms with Crippen molar-refractivity contribution >= 4 is 17.7 Å². The van der Waals surface area contributed by atoms with Crippen molar-refractivity contribution < 1.29 is 23.6 Å². The summed E-state index contributed by atoms with van der Waals surface area (Å²) in [6.07, 6.45) is -0.0293. The van der Waals surface area contributed by atoms with E-state index >= 15 is 0 Å². The number of rotatable bonds is 5. The first-order valence-electron chi connectivity index (χ1n) is 7.57. The van der Waals surface area contributed by atoms with Gasteiger partial charge >= 0.3 is 0 Å². The zero-order valence-corrected chi connectivity index (χ0v) is 13.4. The van der Waals surface area contributed by atoms with Crippen LogP contribution in [0.2, 0.25) is 0 Å². The molecular weight excluding hydrogens is 327 g/mol. The van der Waals surface area contributed by atoms with Crippen molar-refractivity contribution in [2.24, 2.45) is 0 Å². The SMILES string of the molecule is CONC(=O)C(Cc1cccc(F)c1)N1C(=O)c2ccccc2C1=O. The number of fused-ring (bicyclic) bond motifs is 1. The van der Waals surface area contributed by atoms with Gasteiger partial charge in [0, 0.05) is 6.42 Å². The van der Waals surface area contributed by atoms with E-state index in [2.05, 4.69) is 10.3 Å². The number of hydrogen-bond donors (Lipinski definition) is 1. The third kappa shape index (κ3) is 3.14. The average molecular weight is 342 g/mol. The van der Waals surface area contributed by atoms with E-state index in [1.165, 1.54) is 37.4 Å². The molecule has 0 saturated carbocycles. The van der Waals surface area contributed by atoms with E-state index < -0.39 is 29.6 Å². The van der Waals surface area contributed by atoms with Gasteiger partial charge in [-0.3, -0.25) is 24.1 Å². The number of benzene rings is 2. The zero-order chi connectivity index (χ0) is 18.0. The van der Waals surface area contributed by atoms with Crippen LogP contribution in [0, 0.1) is 5.82 Å². The van der Waals surface area contributed by atoms with Gasteiger partial charge in [0.1, 0.15) is 11.9 Å². The summed E-state index contributed by atoms with van der Waals surface area (Å²) in [5.41, 5.74) is 3.10. The number of carbonyl (C=O) groups excluding carboxylic acids is 3. The molecule has 2 aromatic rings. The van der Waals surface area contributed by atoms with E-state index in [1.54, 1.807) is 18.2 Å². The van der Waals surface area contributed by atoms with Gasteiger partial charge in [-0.15, -0.1) is 0 Å². The van der Waals surface area contributed by atoms with Crippen LogP contribution in [0.3, 0.4) is 0 Å². The minimum Gasteiger partial charge on any atom is -0.277 e. The van der Waals surface area contributed by atoms with Crippen molar-refractivity contribution in [1.29, 1.82) is 0 Å². The summed E-state index contributed by atoms with van der Waals surface area (Å²) in [5, 5.41) is 0. The van der Waals surface area contributed by atoms with Crippen LogP contribution in [0.4, 0.5) is 4.39 Å². The van der Waals surface area contributed by atoms with Gasteiger partial charge in [-0.2, -0.15) is 0 Å². The third-order valence-electron chi connectivity index (χ3n) is 3.96. The number of imide groups is 1. The molecule has 1 aliphatic rings. The maximum absolute atomic E-state index is 13.4. The Morgan fingerprint density at radius 3 is 2.32 bits per heavy atom. The van der Waals surface area contributed by atoms with Crippen molar-refractivity contribution in [3.8, 4) is 0 Å². The predicted octanol–water partition coefficient (Wildman–Crippen LogP) is 1.71. The Labute approximate surface area is 143 Å². The third-order valence-corrected chi connectivity index (χ3v) is 3.96. The monoisotopic (exact) mass is 342 g/mol. The number of hydroxylamine groups is 1. The fourth-order valence-electron chi connectivity index (χ4n) is 2.85. The second-order valence-electron chi connectivity index (χ2n) is 5.55. The lowest BCUT2D eigenvalue weighted by Crippen LogP contribution is -2.50. The first kappa shape index (κ1) is 16.8. The topological polar surface area (TPSA) is 75.7 Å². The Bertz CT molecular complexity index is 817. The van der Waals surface area contributed by atoms with Crippen LogP contribution in [-0.4, -0.2) is 35.8 Å². The Kier molecular flexibility index (Phi) is 4.58. The van der Waals surface area contributed by atoms with Crippen LogP contribution in [0.1, 0.15) is 26.3 Å². The van der Waals surface area contributed by atoms with Gasteiger partial charge in [-0.25, -0.2) is 9.87 Å². The minimum atomic E-state index is -1.16. The molecule has 128 valence electrons. The summed E-state index contributed by atoms with van der Waals surface area (Å²) in [6, 6.07) is 10.8. The minimum absolute atomic E-state index is 0.0293. The van der Waals surface area contributed by atoms with Crippen LogP contribution in [0.5, 0.6) is 0 Å². The molecule has 0 aromatic heterocycles. The molecule has 25 heavy (non-hydrogen) atoms. The van der Waals surface area contributed by atoms with Crippen molar-refractivity contribution in [3.63, 3.8) is 0 Å². The fraction of sp³-hybridized carbons (Fsp3) is 0.167. The van der Waals surface area contributed by atoms with Crippen LogP contribution in [0.15, 0.2) is 48.5 Å². The highest BCUT2D eigenvalue weighted by molar-refractivity contribution is 6.22. The highest BCUT2D eigenvalue weighted by Gasteiger charge is 2.42. The standard InChI is InChI=1S/C18H15FN2O4/c1-25-20-16(22)15(10-11-5-4-6-12(19)9-11)21-17(23)13-7-2-3-8-14(13)18(21)24/h2-9,15H,10H2,1H3,(H,20,22). The molecule has 0 spiro atoms. The number of carbonyl (C=O) groups is 3. The van der Waals surface area contributed by atoms with Crippen molar-refractivity contribution in [3.05, 3.63) is 71.0 Å². The van der Waals surface area contributed by atoms with Gasteiger partial charge in [0.15, 0.2) is 0 Å². The molecule has 0 saturated heterocycles. The molecule has 3 rings (SSSR count). The van der Waals surface area contributed by atoms with Gasteiger partial charge in [0.05, 0.1) is 18.2 Å². The second kappa shape index (κ2) is 6.82. The summed E-state index contributed by atoms with van der Waals surface area (Å²) in [5.74, 6) is -2.26. The van der Waals surface area contributed by atoms with Crippen LogP contribution in [0.25, 0.3) is 0 Å². The predicted molar refractivity (Wildman–Crippen MR) is 86.0 cm³/mol. The highest BCUT2D eigenvalue weighted by Crippen LogP contribution is 2.26. The van der Waals surface area contributed by atoms with Crippen LogP contribution >= 0.6 is 0 Å². The van der Waals surface area contributed by atoms with Gasteiger partial charge in [0.25, 0.3) is 17.7 Å². The van der Waals surface area contributed by atoms with Gasteiger partial charge in [0.2, 0.25) is 0 Å². The Hall–Kier alpha value is -3.06. The lowest BCUT2D eigenvalue weighted by Gasteiger charge is -2.25. The highest BCUT2D eigenvalue weighted by atomic mass is 19.1. The van der Waals surface area contributed by atoms with E-state index in [9.17, 15) is 18.8 Å². The summed E-state index contributed by atoms with van der Waals surface area (Å²) in [7, 11) is 1.25. The molecule has 3 amide bonds. The first-order chi connectivity index (χ1) is 12.0. The van der Waals surface area contributed by atoms with E-state index in [0.717, 1.165) is 4.90 Å². The fourth-order valence-corrected chi connectivity index (χ4v) is 2.85. The lowest BCUT2D eigenvalue weighted by atomic mass is 10.0. The lowest BCUT2D eigenvalue weighted by molar-refractivity contribution is -0.135.